The van der Waals surface area contributed by atoms with Crippen LogP contribution in [-0.2, 0) is 15.8 Å². The maximum absolute atomic E-state index is 13.1. The van der Waals surface area contributed by atoms with Crippen molar-refractivity contribution in [1.82, 2.24) is 0 Å². The molecule has 0 unspecified atom stereocenters. The summed E-state index contributed by atoms with van der Waals surface area (Å²) in [4.78, 5) is 26.3. The minimum absolute atomic E-state index is 0.0564. The van der Waals surface area contributed by atoms with Gasteiger partial charge in [-0.2, -0.15) is 13.2 Å². The van der Waals surface area contributed by atoms with Crippen molar-refractivity contribution in [2.45, 2.75) is 6.18 Å². The van der Waals surface area contributed by atoms with Gasteiger partial charge < -0.3 is 10.1 Å². The maximum atomic E-state index is 13.1. The van der Waals surface area contributed by atoms with Crippen LogP contribution >= 0.6 is 23.4 Å². The zero-order chi connectivity index (χ0) is 25.9. The fourth-order valence-electron chi connectivity index (χ4n) is 3.29. The van der Waals surface area contributed by atoms with E-state index < -0.39 is 23.6 Å². The molecule has 1 aliphatic rings. The molecule has 2 amide bonds. The van der Waals surface area contributed by atoms with Crippen LogP contribution in [0.25, 0.3) is 6.08 Å². The normalized spacial score (nSPS) is 14.9. The van der Waals surface area contributed by atoms with Crippen LogP contribution in [0.2, 0.25) is 5.02 Å². The largest absolute Gasteiger partial charge is 0.483 e. The highest BCUT2D eigenvalue weighted by atomic mass is 35.5. The Morgan fingerprint density at radius 3 is 2.53 bits per heavy atom. The number of anilines is 2. The molecule has 1 fully saturated rings. The average molecular weight is 532 g/mol. The monoisotopic (exact) mass is 531 g/mol. The predicted molar refractivity (Wildman–Crippen MR) is 134 cm³/mol. The van der Waals surface area contributed by atoms with Crippen LogP contribution in [0.5, 0.6) is 5.75 Å². The quantitative estimate of drug-likeness (QED) is 0.359. The summed E-state index contributed by atoms with van der Waals surface area (Å²) in [6.45, 7) is -0.309. The Bertz CT molecular complexity index is 1360. The van der Waals surface area contributed by atoms with E-state index in [9.17, 15) is 22.8 Å². The molecule has 3 aromatic rings. The number of halogens is 4. The number of nitrogens with one attached hydrogen (secondary N) is 2. The highest BCUT2D eigenvalue weighted by Gasteiger charge is 2.36. The van der Waals surface area contributed by atoms with Crippen molar-refractivity contribution < 1.29 is 27.5 Å². The first-order chi connectivity index (χ1) is 17.1. The third-order valence-corrected chi connectivity index (χ3v) is 6.09. The first kappa shape index (κ1) is 25.3. The van der Waals surface area contributed by atoms with Gasteiger partial charge in [0.05, 0.1) is 16.2 Å². The van der Waals surface area contributed by atoms with Crippen LogP contribution in [0, 0.1) is 5.41 Å². The van der Waals surface area contributed by atoms with E-state index >= 15 is 0 Å². The molecule has 0 bridgehead atoms. The topological polar surface area (TPSA) is 82.5 Å². The van der Waals surface area contributed by atoms with E-state index in [0.717, 1.165) is 28.8 Å². The molecule has 1 aliphatic heterocycles. The fourth-order valence-corrected chi connectivity index (χ4v) is 4.27. The van der Waals surface area contributed by atoms with Crippen molar-refractivity contribution in [2.75, 3.05) is 16.8 Å². The first-order valence-electron chi connectivity index (χ1n) is 10.4. The van der Waals surface area contributed by atoms with Crippen molar-refractivity contribution in [2.24, 2.45) is 0 Å². The second-order valence-electron chi connectivity index (χ2n) is 7.49. The van der Waals surface area contributed by atoms with Gasteiger partial charge in [0.2, 0.25) is 0 Å². The Hall–Kier alpha value is -3.76. The number of nitrogens with zero attached hydrogens (tertiary/aromatic N) is 1. The molecule has 1 heterocycles. The van der Waals surface area contributed by atoms with Crippen molar-refractivity contribution in [3.05, 3.63) is 93.9 Å². The molecule has 4 rings (SSSR count). The highest BCUT2D eigenvalue weighted by Crippen LogP contribution is 2.38. The van der Waals surface area contributed by atoms with Crippen molar-refractivity contribution >= 4 is 57.8 Å². The number of alkyl halides is 3. The lowest BCUT2D eigenvalue weighted by atomic mass is 10.1. The molecule has 1 saturated heterocycles. The summed E-state index contributed by atoms with van der Waals surface area (Å²) in [5.41, 5.74) is 0.0358. The maximum Gasteiger partial charge on any atom is 0.416 e. The van der Waals surface area contributed by atoms with E-state index in [1.165, 1.54) is 18.2 Å². The molecule has 0 saturated carbocycles. The lowest BCUT2D eigenvalue weighted by Crippen LogP contribution is -2.28. The van der Waals surface area contributed by atoms with Gasteiger partial charge in [0.25, 0.3) is 11.8 Å². The molecule has 0 atom stereocenters. The van der Waals surface area contributed by atoms with Crippen LogP contribution in [0.4, 0.5) is 24.5 Å². The summed E-state index contributed by atoms with van der Waals surface area (Å²) in [5.74, 6) is -0.739. The zero-order valence-corrected chi connectivity index (χ0v) is 19.9. The molecule has 6 nitrogen and oxygen atoms in total. The number of carbonyl (C=O) groups excluding carboxylic acids is 2. The highest BCUT2D eigenvalue weighted by molar-refractivity contribution is 8.19. The summed E-state index contributed by atoms with van der Waals surface area (Å²) < 4.78 is 44.9. The minimum atomic E-state index is -4.58. The molecule has 3 aromatic carbocycles. The predicted octanol–water partition coefficient (Wildman–Crippen LogP) is 6.43. The van der Waals surface area contributed by atoms with E-state index in [4.69, 9.17) is 21.7 Å². The Balaban J connectivity index is 1.50. The molecular formula is C25H17ClF3N3O3S. The van der Waals surface area contributed by atoms with E-state index in [2.05, 4.69) is 5.32 Å². The van der Waals surface area contributed by atoms with E-state index in [-0.39, 0.29) is 22.4 Å². The Kier molecular flexibility index (Phi) is 7.37. The van der Waals surface area contributed by atoms with Crippen LogP contribution in [0.1, 0.15) is 11.1 Å². The Labute approximate surface area is 213 Å². The summed E-state index contributed by atoms with van der Waals surface area (Å²) >= 11 is 6.65. The van der Waals surface area contributed by atoms with Gasteiger partial charge in [-0.25, -0.2) is 0 Å². The Morgan fingerprint density at radius 1 is 1.08 bits per heavy atom. The van der Waals surface area contributed by atoms with Gasteiger partial charge in [-0.3, -0.25) is 19.9 Å². The molecule has 184 valence electrons. The number of amides is 2. The molecular weight excluding hydrogens is 515 g/mol. The van der Waals surface area contributed by atoms with Crippen molar-refractivity contribution in [3.63, 3.8) is 0 Å². The summed E-state index contributed by atoms with van der Waals surface area (Å²) in [5, 5.41) is 11.1. The first-order valence-corrected chi connectivity index (χ1v) is 11.6. The number of ether oxygens (including phenoxy) is 1. The number of benzene rings is 3. The zero-order valence-electron chi connectivity index (χ0n) is 18.3. The molecule has 0 spiro atoms. The lowest BCUT2D eigenvalue weighted by Gasteiger charge is -2.16. The lowest BCUT2D eigenvalue weighted by molar-refractivity contribution is -0.137. The minimum Gasteiger partial charge on any atom is -0.483 e. The van der Waals surface area contributed by atoms with Gasteiger partial charge in [-0.15, -0.1) is 0 Å². The SMILES string of the molecule is N=C1S/C(=C\c2ccccc2OCC(=O)Nc2ccc(Cl)cc2)C(=O)N1c1cccc(C(F)(F)F)c1. The number of carbonyl (C=O) groups is 2. The molecule has 0 radical (unpaired) electrons. The van der Waals surface area contributed by atoms with Gasteiger partial charge in [-0.05, 0) is 66.4 Å². The molecule has 11 heteroatoms. The van der Waals surface area contributed by atoms with Gasteiger partial charge in [-0.1, -0.05) is 35.9 Å². The number of rotatable bonds is 6. The van der Waals surface area contributed by atoms with E-state index in [1.54, 1.807) is 48.5 Å². The summed E-state index contributed by atoms with van der Waals surface area (Å²) in [7, 11) is 0. The number of amidine groups is 1. The van der Waals surface area contributed by atoms with Crippen molar-refractivity contribution in [1.29, 1.82) is 5.41 Å². The van der Waals surface area contributed by atoms with E-state index in [0.29, 0.717) is 22.0 Å². The Morgan fingerprint density at radius 2 is 1.81 bits per heavy atom. The second kappa shape index (κ2) is 10.5. The number of hydrogen-bond donors (Lipinski definition) is 2. The van der Waals surface area contributed by atoms with E-state index in [1.807, 2.05) is 0 Å². The fraction of sp³-hybridized carbons (Fsp3) is 0.0800. The summed E-state index contributed by atoms with van der Waals surface area (Å²) in [6, 6.07) is 17.5. The smallest absolute Gasteiger partial charge is 0.416 e. The molecule has 2 N–H and O–H groups in total. The van der Waals surface area contributed by atoms with Crippen LogP contribution in [-0.4, -0.2) is 23.6 Å². The summed E-state index contributed by atoms with van der Waals surface area (Å²) in [6.07, 6.45) is -3.11. The second-order valence-corrected chi connectivity index (χ2v) is 8.95. The van der Waals surface area contributed by atoms with Crippen LogP contribution in [0.3, 0.4) is 0 Å². The van der Waals surface area contributed by atoms with Gasteiger partial charge in [0.15, 0.2) is 11.8 Å². The molecule has 36 heavy (non-hydrogen) atoms. The third kappa shape index (κ3) is 5.89. The van der Waals surface area contributed by atoms with Crippen LogP contribution in [0.15, 0.2) is 77.7 Å². The van der Waals surface area contributed by atoms with Crippen molar-refractivity contribution in [3.8, 4) is 5.75 Å². The van der Waals surface area contributed by atoms with Gasteiger partial charge in [0.1, 0.15) is 5.75 Å². The van der Waals surface area contributed by atoms with Gasteiger partial charge >= 0.3 is 6.18 Å². The molecule has 0 aromatic heterocycles. The standard InChI is InChI=1S/C25H17ClF3N3O3S/c26-17-8-10-18(11-9-17)31-22(33)14-35-20-7-2-1-4-15(20)12-21-23(34)32(24(30)36-21)19-6-3-5-16(13-19)25(27,28)29/h1-13,30H,14H2,(H,31,33)/b21-12-,30-24?. The van der Waals surface area contributed by atoms with Crippen LogP contribution < -0.4 is 15.0 Å². The molecule has 0 aliphatic carbocycles. The van der Waals surface area contributed by atoms with Gasteiger partial charge in [0, 0.05) is 16.3 Å². The third-order valence-electron chi connectivity index (χ3n) is 4.95. The average Bonchev–Trinajstić information content (AvgIpc) is 3.12. The number of thioether (sulfide) groups is 1. The number of para-hydroxylation sites is 1. The number of hydrogen-bond acceptors (Lipinski definition) is 5.